The number of methoxy groups -OCH3 is 1. The zero-order valence-electron chi connectivity index (χ0n) is 11.9. The van der Waals surface area contributed by atoms with Crippen LogP contribution in [-0.2, 0) is 0 Å². The normalized spacial score (nSPS) is 17.4. The fourth-order valence-electron chi connectivity index (χ4n) is 2.57. The topological polar surface area (TPSA) is 47.7 Å². The Bertz CT molecular complexity index is 401. The third kappa shape index (κ3) is 3.61. The molecule has 1 aliphatic rings. The molecule has 0 saturated carbocycles. The SMILES string of the molecule is COc1cccc(OCCN2CCCC2)c1C(C)N. The van der Waals surface area contributed by atoms with Gasteiger partial charge in [0.05, 0.1) is 12.7 Å². The van der Waals surface area contributed by atoms with E-state index in [1.165, 1.54) is 25.9 Å². The number of hydrogen-bond donors (Lipinski definition) is 1. The smallest absolute Gasteiger partial charge is 0.127 e. The summed E-state index contributed by atoms with van der Waals surface area (Å²) in [5.41, 5.74) is 6.96. The van der Waals surface area contributed by atoms with Gasteiger partial charge in [-0.05, 0) is 45.0 Å². The lowest BCUT2D eigenvalue weighted by atomic mass is 10.1. The minimum atomic E-state index is -0.0991. The van der Waals surface area contributed by atoms with E-state index in [2.05, 4.69) is 4.90 Å². The second-order valence-electron chi connectivity index (χ2n) is 5.06. The number of benzene rings is 1. The van der Waals surface area contributed by atoms with Gasteiger partial charge in [0.1, 0.15) is 18.1 Å². The van der Waals surface area contributed by atoms with E-state index in [0.29, 0.717) is 6.61 Å². The summed E-state index contributed by atoms with van der Waals surface area (Å²) in [4.78, 5) is 2.44. The third-order valence-corrected chi connectivity index (χ3v) is 3.57. The minimum absolute atomic E-state index is 0.0991. The molecule has 4 heteroatoms. The quantitative estimate of drug-likeness (QED) is 0.855. The fraction of sp³-hybridized carbons (Fsp3) is 0.600. The van der Waals surface area contributed by atoms with Crippen molar-refractivity contribution in [2.75, 3.05) is 33.4 Å². The van der Waals surface area contributed by atoms with Crippen LogP contribution in [0, 0.1) is 0 Å². The average molecular weight is 264 g/mol. The van der Waals surface area contributed by atoms with Gasteiger partial charge in [-0.15, -0.1) is 0 Å². The van der Waals surface area contributed by atoms with Crippen LogP contribution in [0.25, 0.3) is 0 Å². The molecule has 4 nitrogen and oxygen atoms in total. The van der Waals surface area contributed by atoms with Crippen LogP contribution in [0.15, 0.2) is 18.2 Å². The van der Waals surface area contributed by atoms with E-state index in [4.69, 9.17) is 15.2 Å². The van der Waals surface area contributed by atoms with Crippen molar-refractivity contribution in [3.8, 4) is 11.5 Å². The molecule has 0 amide bonds. The van der Waals surface area contributed by atoms with Gasteiger partial charge in [0.2, 0.25) is 0 Å². The molecular weight excluding hydrogens is 240 g/mol. The Kier molecular flexibility index (Phi) is 5.05. The van der Waals surface area contributed by atoms with Gasteiger partial charge in [-0.1, -0.05) is 6.07 Å². The lowest BCUT2D eigenvalue weighted by Gasteiger charge is -2.19. The third-order valence-electron chi connectivity index (χ3n) is 3.57. The first-order valence-corrected chi connectivity index (χ1v) is 7.00. The Labute approximate surface area is 115 Å². The average Bonchev–Trinajstić information content (AvgIpc) is 2.91. The van der Waals surface area contributed by atoms with Gasteiger partial charge in [0.15, 0.2) is 0 Å². The number of likely N-dealkylation sites (tertiary alicyclic amines) is 1. The molecule has 1 saturated heterocycles. The van der Waals surface area contributed by atoms with E-state index in [-0.39, 0.29) is 6.04 Å². The van der Waals surface area contributed by atoms with Crippen molar-refractivity contribution >= 4 is 0 Å². The van der Waals surface area contributed by atoms with Gasteiger partial charge in [-0.3, -0.25) is 4.90 Å². The summed E-state index contributed by atoms with van der Waals surface area (Å²) >= 11 is 0. The van der Waals surface area contributed by atoms with Crippen molar-refractivity contribution in [1.82, 2.24) is 4.90 Å². The highest BCUT2D eigenvalue weighted by Crippen LogP contribution is 2.32. The van der Waals surface area contributed by atoms with Crippen LogP contribution in [-0.4, -0.2) is 38.3 Å². The van der Waals surface area contributed by atoms with Crippen molar-refractivity contribution < 1.29 is 9.47 Å². The summed E-state index contributed by atoms with van der Waals surface area (Å²) in [6, 6.07) is 5.73. The fourth-order valence-corrected chi connectivity index (χ4v) is 2.57. The van der Waals surface area contributed by atoms with Crippen molar-refractivity contribution in [2.45, 2.75) is 25.8 Å². The molecule has 1 aromatic rings. The van der Waals surface area contributed by atoms with Crippen LogP contribution in [0.1, 0.15) is 31.4 Å². The van der Waals surface area contributed by atoms with Gasteiger partial charge in [0.25, 0.3) is 0 Å². The Balaban J connectivity index is 1.98. The number of ether oxygens (including phenoxy) is 2. The zero-order chi connectivity index (χ0) is 13.7. The van der Waals surface area contributed by atoms with Crippen LogP contribution in [0.2, 0.25) is 0 Å². The maximum atomic E-state index is 6.01. The Hall–Kier alpha value is -1.26. The van der Waals surface area contributed by atoms with Crippen molar-refractivity contribution in [1.29, 1.82) is 0 Å². The second kappa shape index (κ2) is 6.78. The molecule has 1 aromatic carbocycles. The summed E-state index contributed by atoms with van der Waals surface area (Å²) in [6.45, 7) is 6.02. The maximum Gasteiger partial charge on any atom is 0.127 e. The molecule has 2 rings (SSSR count). The molecule has 0 bridgehead atoms. The van der Waals surface area contributed by atoms with E-state index in [1.54, 1.807) is 7.11 Å². The standard InChI is InChI=1S/C15H24N2O2/c1-12(16)15-13(18-2)6-5-7-14(15)19-11-10-17-8-3-4-9-17/h5-7,12H,3-4,8-11,16H2,1-2H3. The molecule has 1 fully saturated rings. The number of rotatable bonds is 6. The molecule has 2 N–H and O–H groups in total. The van der Waals surface area contributed by atoms with Crippen molar-refractivity contribution in [2.24, 2.45) is 5.73 Å². The first kappa shape index (κ1) is 14.2. The summed E-state index contributed by atoms with van der Waals surface area (Å²) in [5, 5.41) is 0. The first-order valence-electron chi connectivity index (χ1n) is 7.00. The van der Waals surface area contributed by atoms with Crippen LogP contribution >= 0.6 is 0 Å². The van der Waals surface area contributed by atoms with Gasteiger partial charge in [-0.25, -0.2) is 0 Å². The second-order valence-corrected chi connectivity index (χ2v) is 5.06. The van der Waals surface area contributed by atoms with E-state index < -0.39 is 0 Å². The number of nitrogens with zero attached hydrogens (tertiary/aromatic N) is 1. The summed E-state index contributed by atoms with van der Waals surface area (Å²) < 4.78 is 11.3. The van der Waals surface area contributed by atoms with E-state index in [0.717, 1.165) is 23.6 Å². The van der Waals surface area contributed by atoms with Gasteiger partial charge >= 0.3 is 0 Å². The predicted molar refractivity (Wildman–Crippen MR) is 76.8 cm³/mol. The molecule has 1 atom stereocenters. The molecule has 1 aliphatic heterocycles. The summed E-state index contributed by atoms with van der Waals surface area (Å²) in [6.07, 6.45) is 2.62. The number of hydrogen-bond acceptors (Lipinski definition) is 4. The maximum absolute atomic E-state index is 6.01. The van der Waals surface area contributed by atoms with E-state index in [9.17, 15) is 0 Å². The Morgan fingerprint density at radius 1 is 1.26 bits per heavy atom. The molecule has 19 heavy (non-hydrogen) atoms. The Morgan fingerprint density at radius 2 is 1.95 bits per heavy atom. The lowest BCUT2D eigenvalue weighted by molar-refractivity contribution is 0.235. The van der Waals surface area contributed by atoms with Crippen molar-refractivity contribution in [3.05, 3.63) is 23.8 Å². The molecule has 106 valence electrons. The van der Waals surface area contributed by atoms with Gasteiger partial charge in [-0.2, -0.15) is 0 Å². The van der Waals surface area contributed by atoms with E-state index in [1.807, 2.05) is 25.1 Å². The zero-order valence-corrected chi connectivity index (χ0v) is 11.9. The lowest BCUT2D eigenvalue weighted by Crippen LogP contribution is -2.25. The molecule has 0 radical (unpaired) electrons. The van der Waals surface area contributed by atoms with Crippen LogP contribution in [0.4, 0.5) is 0 Å². The molecule has 1 heterocycles. The van der Waals surface area contributed by atoms with Gasteiger partial charge < -0.3 is 15.2 Å². The summed E-state index contributed by atoms with van der Waals surface area (Å²) in [5.74, 6) is 1.64. The van der Waals surface area contributed by atoms with Crippen LogP contribution < -0.4 is 15.2 Å². The minimum Gasteiger partial charge on any atom is -0.496 e. The molecular formula is C15H24N2O2. The summed E-state index contributed by atoms with van der Waals surface area (Å²) in [7, 11) is 1.66. The molecule has 0 aliphatic carbocycles. The molecule has 0 aromatic heterocycles. The van der Waals surface area contributed by atoms with Crippen LogP contribution in [0.3, 0.4) is 0 Å². The highest BCUT2D eigenvalue weighted by Gasteiger charge is 2.15. The van der Waals surface area contributed by atoms with Crippen LogP contribution in [0.5, 0.6) is 11.5 Å². The largest absolute Gasteiger partial charge is 0.496 e. The van der Waals surface area contributed by atoms with E-state index >= 15 is 0 Å². The highest BCUT2D eigenvalue weighted by atomic mass is 16.5. The monoisotopic (exact) mass is 264 g/mol. The number of nitrogens with two attached hydrogens (primary N) is 1. The molecule has 0 spiro atoms. The first-order chi connectivity index (χ1) is 9.22. The molecule has 1 unspecified atom stereocenters. The predicted octanol–water partition coefficient (Wildman–Crippen LogP) is 2.19. The van der Waals surface area contributed by atoms with Crippen molar-refractivity contribution in [3.63, 3.8) is 0 Å². The van der Waals surface area contributed by atoms with Gasteiger partial charge in [0, 0.05) is 12.6 Å². The highest BCUT2D eigenvalue weighted by molar-refractivity contribution is 5.46. The Morgan fingerprint density at radius 3 is 2.58 bits per heavy atom.